The van der Waals surface area contributed by atoms with Gasteiger partial charge in [-0.2, -0.15) is 0 Å². The largest absolute Gasteiger partial charge is 0.463 e. The van der Waals surface area contributed by atoms with Crippen LogP contribution in [0.2, 0.25) is 0 Å². The minimum atomic E-state index is -0.284. The first-order valence-corrected chi connectivity index (χ1v) is 4.72. The van der Waals surface area contributed by atoms with Crippen molar-refractivity contribution in [2.75, 3.05) is 13.2 Å². The van der Waals surface area contributed by atoms with E-state index in [0.717, 1.165) is 19.4 Å². The first-order valence-electron chi connectivity index (χ1n) is 4.72. The molecule has 1 unspecified atom stereocenters. The fourth-order valence-electron chi connectivity index (χ4n) is 1.25. The highest BCUT2D eigenvalue weighted by atomic mass is 16.6. The van der Waals surface area contributed by atoms with Crippen LogP contribution in [0.15, 0.2) is 12.2 Å². The zero-order valence-corrected chi connectivity index (χ0v) is 8.21. The van der Waals surface area contributed by atoms with E-state index in [1.54, 1.807) is 6.92 Å². The molecule has 74 valence electrons. The Morgan fingerprint density at radius 1 is 1.62 bits per heavy atom. The summed E-state index contributed by atoms with van der Waals surface area (Å²) < 4.78 is 10.0. The number of rotatable bonds is 5. The maximum absolute atomic E-state index is 11.0. The monoisotopic (exact) mass is 184 g/mol. The summed E-state index contributed by atoms with van der Waals surface area (Å²) in [6.45, 7) is 5.05. The van der Waals surface area contributed by atoms with Gasteiger partial charge in [0.1, 0.15) is 5.60 Å². The van der Waals surface area contributed by atoms with Crippen molar-refractivity contribution in [3.05, 3.63) is 12.2 Å². The second-order valence-electron chi connectivity index (χ2n) is 3.19. The SMILES string of the molecule is CCCC1(/C=C/C(=O)OCC)CO1. The van der Waals surface area contributed by atoms with Crippen LogP contribution in [0.3, 0.4) is 0 Å². The Bertz CT molecular complexity index is 204. The standard InChI is InChI=1S/C10H16O3/c1-3-6-10(8-13-10)7-5-9(11)12-4-2/h5,7H,3-4,6,8H2,1-2H3/b7-5+. The van der Waals surface area contributed by atoms with Crippen molar-refractivity contribution >= 4 is 5.97 Å². The van der Waals surface area contributed by atoms with Gasteiger partial charge in [0.25, 0.3) is 0 Å². The Morgan fingerprint density at radius 3 is 2.77 bits per heavy atom. The van der Waals surface area contributed by atoms with Crippen molar-refractivity contribution in [2.45, 2.75) is 32.3 Å². The molecule has 0 radical (unpaired) electrons. The van der Waals surface area contributed by atoms with Crippen LogP contribution in [0.25, 0.3) is 0 Å². The fraction of sp³-hybridized carbons (Fsp3) is 0.700. The number of hydrogen-bond donors (Lipinski definition) is 0. The molecule has 1 rings (SSSR count). The van der Waals surface area contributed by atoms with E-state index in [9.17, 15) is 4.79 Å². The quantitative estimate of drug-likeness (QED) is 0.370. The number of esters is 1. The Labute approximate surface area is 78.7 Å². The maximum Gasteiger partial charge on any atom is 0.330 e. The van der Waals surface area contributed by atoms with Gasteiger partial charge in [0.2, 0.25) is 0 Å². The molecular formula is C10H16O3. The topological polar surface area (TPSA) is 38.8 Å². The van der Waals surface area contributed by atoms with E-state index in [1.165, 1.54) is 6.08 Å². The number of epoxide rings is 1. The van der Waals surface area contributed by atoms with Gasteiger partial charge in [0.15, 0.2) is 0 Å². The third kappa shape index (κ3) is 3.19. The van der Waals surface area contributed by atoms with Crippen LogP contribution in [-0.2, 0) is 14.3 Å². The Hall–Kier alpha value is -0.830. The van der Waals surface area contributed by atoms with Gasteiger partial charge in [-0.05, 0) is 19.4 Å². The lowest BCUT2D eigenvalue weighted by atomic mass is 10.0. The van der Waals surface area contributed by atoms with Crippen molar-refractivity contribution in [3.63, 3.8) is 0 Å². The molecule has 1 heterocycles. The van der Waals surface area contributed by atoms with E-state index in [1.807, 2.05) is 6.08 Å². The van der Waals surface area contributed by atoms with Crippen molar-refractivity contribution in [1.29, 1.82) is 0 Å². The third-order valence-corrected chi connectivity index (χ3v) is 2.00. The van der Waals surface area contributed by atoms with Crippen LogP contribution in [-0.4, -0.2) is 24.8 Å². The van der Waals surface area contributed by atoms with E-state index in [4.69, 9.17) is 9.47 Å². The molecule has 1 aliphatic heterocycles. The van der Waals surface area contributed by atoms with Gasteiger partial charge in [-0.25, -0.2) is 4.79 Å². The highest BCUT2D eigenvalue weighted by Gasteiger charge is 2.40. The minimum Gasteiger partial charge on any atom is -0.463 e. The van der Waals surface area contributed by atoms with Gasteiger partial charge in [0.05, 0.1) is 13.2 Å². The summed E-state index contributed by atoms with van der Waals surface area (Å²) >= 11 is 0. The highest BCUT2D eigenvalue weighted by molar-refractivity contribution is 5.82. The van der Waals surface area contributed by atoms with E-state index in [0.29, 0.717) is 6.61 Å². The zero-order chi connectivity index (χ0) is 9.73. The summed E-state index contributed by atoms with van der Waals surface area (Å²) in [5.41, 5.74) is -0.151. The van der Waals surface area contributed by atoms with E-state index >= 15 is 0 Å². The number of carbonyl (C=O) groups excluding carboxylic acids is 1. The van der Waals surface area contributed by atoms with Crippen LogP contribution < -0.4 is 0 Å². The zero-order valence-electron chi connectivity index (χ0n) is 8.21. The lowest BCUT2D eigenvalue weighted by molar-refractivity contribution is -0.137. The lowest BCUT2D eigenvalue weighted by Gasteiger charge is -2.02. The molecule has 0 aromatic heterocycles. The fourth-order valence-corrected chi connectivity index (χ4v) is 1.25. The molecule has 0 amide bonds. The molecule has 0 bridgehead atoms. The molecule has 0 spiro atoms. The van der Waals surface area contributed by atoms with Crippen molar-refractivity contribution in [1.82, 2.24) is 0 Å². The average molecular weight is 184 g/mol. The van der Waals surface area contributed by atoms with Gasteiger partial charge < -0.3 is 9.47 Å². The van der Waals surface area contributed by atoms with E-state index < -0.39 is 0 Å². The van der Waals surface area contributed by atoms with Crippen LogP contribution in [0.1, 0.15) is 26.7 Å². The molecule has 13 heavy (non-hydrogen) atoms. The molecule has 1 aliphatic rings. The predicted octanol–water partition coefficient (Wildman–Crippen LogP) is 1.67. The van der Waals surface area contributed by atoms with Gasteiger partial charge in [-0.15, -0.1) is 0 Å². The maximum atomic E-state index is 11.0. The van der Waals surface area contributed by atoms with Gasteiger partial charge in [-0.3, -0.25) is 0 Å². The first kappa shape index (κ1) is 10.3. The van der Waals surface area contributed by atoms with Crippen LogP contribution >= 0.6 is 0 Å². The molecule has 0 aromatic rings. The number of ether oxygens (including phenoxy) is 2. The van der Waals surface area contributed by atoms with Crippen LogP contribution in [0.5, 0.6) is 0 Å². The van der Waals surface area contributed by atoms with Crippen molar-refractivity contribution in [3.8, 4) is 0 Å². The summed E-state index contributed by atoms with van der Waals surface area (Å²) in [4.78, 5) is 11.0. The van der Waals surface area contributed by atoms with Crippen LogP contribution in [0.4, 0.5) is 0 Å². The highest BCUT2D eigenvalue weighted by Crippen LogP contribution is 2.33. The molecule has 3 nitrogen and oxygen atoms in total. The molecule has 1 saturated heterocycles. The smallest absolute Gasteiger partial charge is 0.330 e. The van der Waals surface area contributed by atoms with Gasteiger partial charge in [0, 0.05) is 6.08 Å². The van der Waals surface area contributed by atoms with Gasteiger partial charge >= 0.3 is 5.97 Å². The third-order valence-electron chi connectivity index (χ3n) is 2.00. The molecule has 1 fully saturated rings. The molecule has 1 atom stereocenters. The Morgan fingerprint density at radius 2 is 2.31 bits per heavy atom. The predicted molar refractivity (Wildman–Crippen MR) is 49.4 cm³/mol. The summed E-state index contributed by atoms with van der Waals surface area (Å²) in [6.07, 6.45) is 5.32. The molecular weight excluding hydrogens is 168 g/mol. The Balaban J connectivity index is 2.34. The number of carbonyl (C=O) groups is 1. The van der Waals surface area contributed by atoms with Crippen LogP contribution in [0, 0.1) is 0 Å². The Kier molecular flexibility index (Phi) is 3.48. The second kappa shape index (κ2) is 4.42. The summed E-state index contributed by atoms with van der Waals surface area (Å²) in [5.74, 6) is -0.284. The normalized spacial score (nSPS) is 26.3. The summed E-state index contributed by atoms with van der Waals surface area (Å²) in [7, 11) is 0. The molecule has 0 N–H and O–H groups in total. The number of hydrogen-bond acceptors (Lipinski definition) is 3. The van der Waals surface area contributed by atoms with E-state index in [2.05, 4.69) is 6.92 Å². The lowest BCUT2D eigenvalue weighted by Crippen LogP contribution is -2.08. The summed E-state index contributed by atoms with van der Waals surface area (Å²) in [6, 6.07) is 0. The average Bonchev–Trinajstić information content (AvgIpc) is 2.84. The molecule has 0 aliphatic carbocycles. The van der Waals surface area contributed by atoms with Crippen molar-refractivity contribution < 1.29 is 14.3 Å². The molecule has 0 aromatic carbocycles. The molecule has 0 saturated carbocycles. The molecule has 3 heteroatoms. The van der Waals surface area contributed by atoms with Crippen molar-refractivity contribution in [2.24, 2.45) is 0 Å². The second-order valence-corrected chi connectivity index (χ2v) is 3.19. The first-order chi connectivity index (χ1) is 6.22. The van der Waals surface area contributed by atoms with Gasteiger partial charge in [-0.1, -0.05) is 13.3 Å². The minimum absolute atomic E-state index is 0.151. The van der Waals surface area contributed by atoms with E-state index in [-0.39, 0.29) is 11.6 Å². The summed E-state index contributed by atoms with van der Waals surface area (Å²) in [5, 5.41) is 0.